The zero-order chi connectivity index (χ0) is 15.6. The molecule has 0 unspecified atom stereocenters. The van der Waals surface area contributed by atoms with Crippen molar-refractivity contribution in [2.45, 2.75) is 18.4 Å². The zero-order valence-electron chi connectivity index (χ0n) is 12.7. The predicted molar refractivity (Wildman–Crippen MR) is 95.7 cm³/mol. The Bertz CT molecular complexity index is 708. The van der Waals surface area contributed by atoms with Crippen molar-refractivity contribution in [1.82, 2.24) is 15.2 Å². The van der Waals surface area contributed by atoms with E-state index in [9.17, 15) is 0 Å². The summed E-state index contributed by atoms with van der Waals surface area (Å²) in [6.07, 6.45) is 5.78. The molecule has 0 spiro atoms. The Hall–Kier alpha value is -2.07. The van der Waals surface area contributed by atoms with Crippen molar-refractivity contribution in [3.63, 3.8) is 0 Å². The van der Waals surface area contributed by atoms with Crippen molar-refractivity contribution in [1.29, 1.82) is 0 Å². The first-order valence-corrected chi connectivity index (χ1v) is 8.35. The number of benzene rings is 1. The van der Waals surface area contributed by atoms with Crippen LogP contribution in [0.3, 0.4) is 0 Å². The second-order valence-electron chi connectivity index (χ2n) is 5.68. The molecule has 4 heteroatoms. The van der Waals surface area contributed by atoms with Crippen molar-refractivity contribution in [2.24, 2.45) is 0 Å². The Kier molecular flexibility index (Phi) is 4.03. The van der Waals surface area contributed by atoms with Gasteiger partial charge in [0, 0.05) is 18.8 Å². The van der Waals surface area contributed by atoms with Gasteiger partial charge in [-0.1, -0.05) is 25.3 Å². The summed E-state index contributed by atoms with van der Waals surface area (Å²) in [5.41, 5.74) is 5.14. The Morgan fingerprint density at radius 3 is 2.77 bits per heavy atom. The molecule has 0 radical (unpaired) electrons. The first-order chi connectivity index (χ1) is 10.7. The molecule has 0 saturated carbocycles. The van der Waals surface area contributed by atoms with Gasteiger partial charge < -0.3 is 10.2 Å². The van der Waals surface area contributed by atoms with Crippen LogP contribution in [0.15, 0.2) is 55.7 Å². The molecule has 0 aliphatic carbocycles. The molecule has 3 rings (SSSR count). The van der Waals surface area contributed by atoms with Gasteiger partial charge in [-0.3, -0.25) is 0 Å². The molecule has 1 aliphatic heterocycles. The van der Waals surface area contributed by atoms with Crippen molar-refractivity contribution >= 4 is 27.3 Å². The van der Waals surface area contributed by atoms with Crippen LogP contribution >= 0.6 is 11.3 Å². The molecular weight excluding hydrogens is 290 g/mol. The van der Waals surface area contributed by atoms with Crippen molar-refractivity contribution in [3.8, 4) is 0 Å². The third-order valence-corrected chi connectivity index (χ3v) is 5.29. The summed E-state index contributed by atoms with van der Waals surface area (Å²) >= 11 is 1.67. The van der Waals surface area contributed by atoms with Gasteiger partial charge in [0.1, 0.15) is 0 Å². The SMILES string of the molecule is C=CNC1(C=C)CCN(C(=C)c2ccc3scnc3c2)CC1. The van der Waals surface area contributed by atoms with Crippen LogP contribution in [0.4, 0.5) is 0 Å². The lowest BCUT2D eigenvalue weighted by Gasteiger charge is -2.42. The largest absolute Gasteiger partial charge is 0.382 e. The minimum Gasteiger partial charge on any atom is -0.382 e. The topological polar surface area (TPSA) is 28.2 Å². The fourth-order valence-electron chi connectivity index (χ4n) is 3.01. The Labute approximate surface area is 135 Å². The average Bonchev–Trinajstić information content (AvgIpc) is 3.02. The first-order valence-electron chi connectivity index (χ1n) is 7.47. The van der Waals surface area contributed by atoms with Gasteiger partial charge >= 0.3 is 0 Å². The van der Waals surface area contributed by atoms with Gasteiger partial charge in [-0.05, 0) is 36.7 Å². The molecule has 0 atom stereocenters. The van der Waals surface area contributed by atoms with Crippen LogP contribution in [-0.2, 0) is 0 Å². The van der Waals surface area contributed by atoms with Gasteiger partial charge in [0.2, 0.25) is 0 Å². The summed E-state index contributed by atoms with van der Waals surface area (Å²) in [5, 5.41) is 3.35. The maximum atomic E-state index is 4.39. The monoisotopic (exact) mass is 311 g/mol. The number of hydrogen-bond acceptors (Lipinski definition) is 4. The van der Waals surface area contributed by atoms with Crippen LogP contribution in [0.25, 0.3) is 15.9 Å². The number of nitrogens with one attached hydrogen (secondary N) is 1. The van der Waals surface area contributed by atoms with Gasteiger partial charge in [-0.15, -0.1) is 17.9 Å². The van der Waals surface area contributed by atoms with E-state index in [1.54, 1.807) is 17.5 Å². The van der Waals surface area contributed by atoms with Crippen LogP contribution in [0.1, 0.15) is 18.4 Å². The minimum absolute atomic E-state index is 0.0304. The molecule has 1 aromatic carbocycles. The standard InChI is InChI=1S/C18H21N3S/c1-4-18(20-5-2)8-10-21(11-9-18)14(3)15-6-7-17-16(12-15)19-13-22-17/h4-7,12-13,20H,1-3,8-11H2. The van der Waals surface area contributed by atoms with E-state index >= 15 is 0 Å². The van der Waals surface area contributed by atoms with Crippen LogP contribution in [0.2, 0.25) is 0 Å². The van der Waals surface area contributed by atoms with E-state index in [0.29, 0.717) is 0 Å². The van der Waals surface area contributed by atoms with Gasteiger partial charge in [0.05, 0.1) is 21.3 Å². The van der Waals surface area contributed by atoms with E-state index in [1.165, 1.54) is 4.70 Å². The van der Waals surface area contributed by atoms with Crippen LogP contribution in [0, 0.1) is 0 Å². The first kappa shape index (κ1) is 14.9. The van der Waals surface area contributed by atoms with Crippen molar-refractivity contribution in [2.75, 3.05) is 13.1 Å². The number of nitrogens with zero attached hydrogens (tertiary/aromatic N) is 2. The van der Waals surface area contributed by atoms with Gasteiger partial charge in [-0.2, -0.15) is 0 Å². The van der Waals surface area contributed by atoms with Crippen LogP contribution in [0.5, 0.6) is 0 Å². The highest BCUT2D eigenvalue weighted by Crippen LogP contribution is 2.30. The third kappa shape index (κ3) is 2.66. The summed E-state index contributed by atoms with van der Waals surface area (Å²) in [5.74, 6) is 0. The maximum Gasteiger partial charge on any atom is 0.0818 e. The molecule has 1 N–H and O–H groups in total. The lowest BCUT2D eigenvalue weighted by molar-refractivity contribution is 0.234. The van der Waals surface area contributed by atoms with Crippen LogP contribution < -0.4 is 5.32 Å². The molecule has 114 valence electrons. The molecule has 0 bridgehead atoms. The highest BCUT2D eigenvalue weighted by Gasteiger charge is 2.31. The molecule has 3 nitrogen and oxygen atoms in total. The summed E-state index contributed by atoms with van der Waals surface area (Å²) in [7, 11) is 0. The fraction of sp³-hybridized carbons (Fsp3) is 0.278. The fourth-order valence-corrected chi connectivity index (χ4v) is 3.67. The molecule has 1 aromatic heterocycles. The summed E-state index contributed by atoms with van der Waals surface area (Å²) < 4.78 is 1.22. The maximum absolute atomic E-state index is 4.39. The number of hydrogen-bond donors (Lipinski definition) is 1. The molecule has 1 fully saturated rings. The van der Waals surface area contributed by atoms with E-state index in [2.05, 4.69) is 53.1 Å². The minimum atomic E-state index is -0.0304. The number of aromatic nitrogens is 1. The molecular formula is C18H21N3S. The highest BCUT2D eigenvalue weighted by molar-refractivity contribution is 7.16. The molecule has 2 aromatic rings. The Morgan fingerprint density at radius 2 is 2.09 bits per heavy atom. The number of likely N-dealkylation sites (tertiary alicyclic amines) is 1. The normalized spacial score (nSPS) is 17.2. The number of piperidine rings is 1. The Balaban J connectivity index is 1.73. The van der Waals surface area contributed by atoms with E-state index in [1.807, 2.05) is 11.6 Å². The average molecular weight is 311 g/mol. The van der Waals surface area contributed by atoms with Gasteiger partial charge in [-0.25, -0.2) is 4.98 Å². The van der Waals surface area contributed by atoms with E-state index in [4.69, 9.17) is 0 Å². The number of thiazole rings is 1. The zero-order valence-corrected chi connectivity index (χ0v) is 13.5. The van der Waals surface area contributed by atoms with E-state index in [0.717, 1.165) is 42.7 Å². The summed E-state index contributed by atoms with van der Waals surface area (Å²) in [6.45, 7) is 14.0. The van der Waals surface area contributed by atoms with Crippen LogP contribution in [-0.4, -0.2) is 28.5 Å². The molecule has 0 amide bonds. The third-order valence-electron chi connectivity index (χ3n) is 4.48. The molecule has 2 heterocycles. The number of fused-ring (bicyclic) bond motifs is 1. The molecule has 22 heavy (non-hydrogen) atoms. The summed E-state index contributed by atoms with van der Waals surface area (Å²) in [4.78, 5) is 6.74. The highest BCUT2D eigenvalue weighted by atomic mass is 32.1. The molecule has 1 saturated heterocycles. The second kappa shape index (κ2) is 5.97. The second-order valence-corrected chi connectivity index (χ2v) is 6.56. The predicted octanol–water partition coefficient (Wildman–Crippen LogP) is 4.02. The van der Waals surface area contributed by atoms with Gasteiger partial charge in [0.25, 0.3) is 0 Å². The lowest BCUT2D eigenvalue weighted by Crippen LogP contribution is -2.49. The van der Waals surface area contributed by atoms with E-state index in [-0.39, 0.29) is 5.54 Å². The summed E-state index contributed by atoms with van der Waals surface area (Å²) in [6, 6.07) is 6.40. The Morgan fingerprint density at radius 1 is 1.32 bits per heavy atom. The molecule has 1 aliphatic rings. The number of rotatable bonds is 5. The van der Waals surface area contributed by atoms with E-state index < -0.39 is 0 Å². The van der Waals surface area contributed by atoms with Crippen molar-refractivity contribution in [3.05, 3.63) is 61.3 Å². The van der Waals surface area contributed by atoms with Gasteiger partial charge in [0.15, 0.2) is 0 Å². The lowest BCUT2D eigenvalue weighted by atomic mass is 9.87. The quantitative estimate of drug-likeness (QED) is 0.845. The smallest absolute Gasteiger partial charge is 0.0818 e. The van der Waals surface area contributed by atoms with Crippen molar-refractivity contribution < 1.29 is 0 Å².